The van der Waals surface area contributed by atoms with Crippen LogP contribution in [0, 0.1) is 0 Å². The van der Waals surface area contributed by atoms with E-state index in [1.807, 2.05) is 36.4 Å². The second-order valence-corrected chi connectivity index (χ2v) is 4.69. The van der Waals surface area contributed by atoms with Crippen LogP contribution < -0.4 is 9.47 Å². The van der Waals surface area contributed by atoms with Crippen molar-refractivity contribution in [3.05, 3.63) is 65.7 Å². The van der Waals surface area contributed by atoms with Crippen molar-refractivity contribution in [3.63, 3.8) is 0 Å². The molecule has 3 nitrogen and oxygen atoms in total. The Morgan fingerprint density at radius 2 is 1.90 bits per heavy atom. The van der Waals surface area contributed by atoms with Crippen molar-refractivity contribution in [2.75, 3.05) is 7.11 Å². The van der Waals surface area contributed by atoms with Crippen molar-refractivity contribution >= 4 is 22.9 Å². The Kier molecular flexibility index (Phi) is 5.41. The Morgan fingerprint density at radius 1 is 1.14 bits per heavy atom. The lowest BCUT2D eigenvalue weighted by molar-refractivity contribution is -0.107. The van der Waals surface area contributed by atoms with E-state index in [1.54, 1.807) is 25.3 Å². The number of hydrogen-bond acceptors (Lipinski definition) is 3. The second kappa shape index (κ2) is 7.50. The molecule has 0 fully saturated rings. The number of carbonyl (C=O) groups excluding carboxylic acids is 1. The van der Waals surface area contributed by atoms with Gasteiger partial charge in [-0.1, -0.05) is 42.5 Å². The van der Waals surface area contributed by atoms with Crippen molar-refractivity contribution in [1.29, 1.82) is 0 Å². The zero-order chi connectivity index (χ0) is 15.1. The average molecular weight is 303 g/mol. The van der Waals surface area contributed by atoms with Crippen LogP contribution in [-0.4, -0.2) is 12.4 Å². The van der Waals surface area contributed by atoms with E-state index in [2.05, 4.69) is 0 Å². The van der Waals surface area contributed by atoms with Gasteiger partial charge in [-0.2, -0.15) is 0 Å². The van der Waals surface area contributed by atoms with Crippen LogP contribution in [0.5, 0.6) is 11.5 Å². The first-order valence-corrected chi connectivity index (χ1v) is 6.79. The third kappa shape index (κ3) is 4.65. The minimum atomic E-state index is -0.515. The highest BCUT2D eigenvalue weighted by molar-refractivity contribution is 6.66. The van der Waals surface area contributed by atoms with Crippen LogP contribution in [-0.2, 0) is 11.4 Å². The monoisotopic (exact) mass is 302 g/mol. The molecule has 0 aliphatic carbocycles. The van der Waals surface area contributed by atoms with Crippen LogP contribution in [0.15, 0.2) is 54.6 Å². The van der Waals surface area contributed by atoms with Gasteiger partial charge in [0, 0.05) is 0 Å². The Balaban J connectivity index is 2.11. The van der Waals surface area contributed by atoms with Gasteiger partial charge in [0.25, 0.3) is 0 Å². The molecule has 2 aromatic carbocycles. The highest BCUT2D eigenvalue weighted by Crippen LogP contribution is 2.29. The molecule has 2 rings (SSSR count). The minimum absolute atomic E-state index is 0.465. The Labute approximate surface area is 128 Å². The fraction of sp³-hybridized carbons (Fsp3) is 0.118. The van der Waals surface area contributed by atoms with Gasteiger partial charge >= 0.3 is 0 Å². The van der Waals surface area contributed by atoms with Crippen LogP contribution in [0.4, 0.5) is 0 Å². The van der Waals surface area contributed by atoms with Gasteiger partial charge in [-0.15, -0.1) is 0 Å². The summed E-state index contributed by atoms with van der Waals surface area (Å²) in [4.78, 5) is 10.7. The summed E-state index contributed by atoms with van der Waals surface area (Å²) in [5.74, 6) is 1.26. The number of allylic oxidation sites excluding steroid dienone is 1. The lowest BCUT2D eigenvalue weighted by atomic mass is 10.2. The Bertz CT molecular complexity index is 636. The summed E-state index contributed by atoms with van der Waals surface area (Å²) in [6.07, 6.45) is 2.92. The van der Waals surface area contributed by atoms with E-state index in [4.69, 9.17) is 21.1 Å². The molecule has 108 valence electrons. The van der Waals surface area contributed by atoms with E-state index < -0.39 is 5.24 Å². The SMILES string of the molecule is COc1cc(C=CC(=O)Cl)ccc1OCc1ccccc1. The molecule has 2 aromatic rings. The fourth-order valence-electron chi connectivity index (χ4n) is 1.80. The van der Waals surface area contributed by atoms with E-state index >= 15 is 0 Å². The number of rotatable bonds is 6. The van der Waals surface area contributed by atoms with Gasteiger partial charge in [0.1, 0.15) is 6.61 Å². The third-order valence-corrected chi connectivity index (χ3v) is 2.96. The summed E-state index contributed by atoms with van der Waals surface area (Å²) in [5.41, 5.74) is 1.89. The van der Waals surface area contributed by atoms with Gasteiger partial charge in [0.2, 0.25) is 5.24 Å². The molecular formula is C17H15ClO3. The number of methoxy groups -OCH3 is 1. The molecule has 0 radical (unpaired) electrons. The molecule has 0 amide bonds. The van der Waals surface area contributed by atoms with Crippen LogP contribution in [0.25, 0.3) is 6.08 Å². The molecule has 0 aromatic heterocycles. The van der Waals surface area contributed by atoms with Gasteiger partial charge in [0.15, 0.2) is 11.5 Å². The number of ether oxygens (including phenoxy) is 2. The number of benzene rings is 2. The number of halogens is 1. The molecule has 4 heteroatoms. The first-order valence-electron chi connectivity index (χ1n) is 6.41. The number of hydrogen-bond donors (Lipinski definition) is 0. The van der Waals surface area contributed by atoms with Crippen molar-refractivity contribution in [1.82, 2.24) is 0 Å². The predicted molar refractivity (Wildman–Crippen MR) is 83.7 cm³/mol. The fourth-order valence-corrected chi connectivity index (χ4v) is 1.87. The van der Waals surface area contributed by atoms with Crippen molar-refractivity contribution in [2.45, 2.75) is 6.61 Å². The summed E-state index contributed by atoms with van der Waals surface area (Å²) in [5, 5.41) is -0.515. The molecule has 0 saturated carbocycles. The maximum atomic E-state index is 10.7. The van der Waals surface area contributed by atoms with Crippen molar-refractivity contribution < 1.29 is 14.3 Å². The Hall–Kier alpha value is -2.26. The summed E-state index contributed by atoms with van der Waals surface area (Å²) < 4.78 is 11.1. The zero-order valence-corrected chi connectivity index (χ0v) is 12.3. The quantitative estimate of drug-likeness (QED) is 0.596. The first-order chi connectivity index (χ1) is 10.2. The predicted octanol–water partition coefficient (Wildman–Crippen LogP) is 4.05. The van der Waals surface area contributed by atoms with Gasteiger partial charge in [-0.25, -0.2) is 0 Å². The maximum absolute atomic E-state index is 10.7. The smallest absolute Gasteiger partial charge is 0.245 e. The molecule has 0 aliphatic heterocycles. The molecule has 0 bridgehead atoms. The van der Waals surface area contributed by atoms with Crippen LogP contribution in [0.2, 0.25) is 0 Å². The van der Waals surface area contributed by atoms with Gasteiger partial charge in [-0.3, -0.25) is 4.79 Å². The van der Waals surface area contributed by atoms with Crippen molar-refractivity contribution in [3.8, 4) is 11.5 Å². The lowest BCUT2D eigenvalue weighted by Gasteiger charge is -2.11. The largest absolute Gasteiger partial charge is 0.493 e. The average Bonchev–Trinajstić information content (AvgIpc) is 2.52. The molecule has 0 heterocycles. The molecule has 0 saturated heterocycles. The molecule has 0 atom stereocenters. The van der Waals surface area contributed by atoms with Crippen LogP contribution in [0.1, 0.15) is 11.1 Å². The van der Waals surface area contributed by atoms with Crippen LogP contribution in [0.3, 0.4) is 0 Å². The van der Waals surface area contributed by atoms with Crippen molar-refractivity contribution in [2.24, 2.45) is 0 Å². The number of carbonyl (C=O) groups is 1. The summed E-state index contributed by atoms with van der Waals surface area (Å²) >= 11 is 5.27. The van der Waals surface area contributed by atoms with Crippen LogP contribution >= 0.6 is 11.6 Å². The first kappa shape index (κ1) is 15.1. The van der Waals surface area contributed by atoms with Gasteiger partial charge < -0.3 is 9.47 Å². The maximum Gasteiger partial charge on any atom is 0.245 e. The Morgan fingerprint density at radius 3 is 2.57 bits per heavy atom. The van der Waals surface area contributed by atoms with Gasteiger partial charge in [0.05, 0.1) is 7.11 Å². The standard InChI is InChI=1S/C17H15ClO3/c1-20-16-11-13(8-10-17(18)19)7-9-15(16)21-12-14-5-3-2-4-6-14/h2-11H,12H2,1H3. The third-order valence-electron chi connectivity index (χ3n) is 2.83. The summed E-state index contributed by atoms with van der Waals surface area (Å²) in [6.45, 7) is 0.465. The lowest BCUT2D eigenvalue weighted by Crippen LogP contribution is -1.97. The van der Waals surface area contributed by atoms with E-state index in [-0.39, 0.29) is 0 Å². The summed E-state index contributed by atoms with van der Waals surface area (Å²) in [7, 11) is 1.57. The van der Waals surface area contributed by atoms with E-state index in [1.165, 1.54) is 6.08 Å². The molecular weight excluding hydrogens is 288 g/mol. The normalized spacial score (nSPS) is 10.6. The highest BCUT2D eigenvalue weighted by Gasteiger charge is 2.05. The second-order valence-electron chi connectivity index (χ2n) is 4.32. The molecule has 0 N–H and O–H groups in total. The molecule has 21 heavy (non-hydrogen) atoms. The van der Waals surface area contributed by atoms with E-state index in [9.17, 15) is 4.79 Å². The minimum Gasteiger partial charge on any atom is -0.493 e. The van der Waals surface area contributed by atoms with E-state index in [0.29, 0.717) is 18.1 Å². The van der Waals surface area contributed by atoms with Gasteiger partial charge in [-0.05, 0) is 40.9 Å². The molecule has 0 spiro atoms. The molecule has 0 unspecified atom stereocenters. The highest BCUT2D eigenvalue weighted by atomic mass is 35.5. The molecule has 0 aliphatic rings. The topological polar surface area (TPSA) is 35.5 Å². The zero-order valence-electron chi connectivity index (χ0n) is 11.6. The summed E-state index contributed by atoms with van der Waals surface area (Å²) in [6, 6.07) is 15.3. The van der Waals surface area contributed by atoms with E-state index in [0.717, 1.165) is 11.1 Å².